The molecule has 20 heavy (non-hydrogen) atoms. The number of aliphatic carboxylic acids is 1. The van der Waals surface area contributed by atoms with Gasteiger partial charge in [0.05, 0.1) is 5.41 Å². The molecule has 0 aliphatic heterocycles. The quantitative estimate of drug-likeness (QED) is 0.844. The lowest BCUT2D eigenvalue weighted by Crippen LogP contribution is -2.27. The standard InChI is InChI=1S/C17H26O3/c1-10(2)12-7-8-13(11(3)4)15(18)14(12)9-17(5,6)16(19)20/h7-8,10-11,18H,9H2,1-6H3,(H,19,20). The van der Waals surface area contributed by atoms with Crippen molar-refractivity contribution in [2.75, 3.05) is 0 Å². The molecule has 1 aromatic carbocycles. The minimum atomic E-state index is -0.892. The largest absolute Gasteiger partial charge is 0.507 e. The molecule has 0 saturated heterocycles. The second kappa shape index (κ2) is 5.86. The van der Waals surface area contributed by atoms with Crippen LogP contribution >= 0.6 is 0 Å². The second-order valence-corrected chi connectivity index (χ2v) is 6.75. The Morgan fingerprint density at radius 1 is 1.10 bits per heavy atom. The highest BCUT2D eigenvalue weighted by Crippen LogP contribution is 2.38. The smallest absolute Gasteiger partial charge is 0.309 e. The molecule has 3 nitrogen and oxygen atoms in total. The number of benzene rings is 1. The number of aromatic hydroxyl groups is 1. The predicted octanol–water partition coefficient (Wildman–Crippen LogP) is 4.29. The molecule has 1 aromatic rings. The highest BCUT2D eigenvalue weighted by atomic mass is 16.4. The molecule has 0 atom stereocenters. The van der Waals surface area contributed by atoms with Crippen LogP contribution in [0.4, 0.5) is 0 Å². The molecule has 0 fully saturated rings. The zero-order valence-corrected chi connectivity index (χ0v) is 13.3. The molecular weight excluding hydrogens is 252 g/mol. The number of carboxylic acids is 1. The maximum absolute atomic E-state index is 11.4. The number of phenols is 1. The lowest BCUT2D eigenvalue weighted by atomic mass is 9.80. The van der Waals surface area contributed by atoms with Gasteiger partial charge in [0.2, 0.25) is 0 Å². The highest BCUT2D eigenvalue weighted by Gasteiger charge is 2.30. The van der Waals surface area contributed by atoms with Crippen molar-refractivity contribution in [3.8, 4) is 5.75 Å². The summed E-state index contributed by atoms with van der Waals surface area (Å²) < 4.78 is 0. The number of carboxylic acid groups (broad SMARTS) is 1. The van der Waals surface area contributed by atoms with Gasteiger partial charge in [0, 0.05) is 0 Å². The van der Waals surface area contributed by atoms with Crippen molar-refractivity contribution >= 4 is 5.97 Å². The van der Waals surface area contributed by atoms with E-state index in [0.717, 1.165) is 16.7 Å². The van der Waals surface area contributed by atoms with Gasteiger partial charge in [0.1, 0.15) is 5.75 Å². The van der Waals surface area contributed by atoms with E-state index in [9.17, 15) is 15.0 Å². The van der Waals surface area contributed by atoms with E-state index in [2.05, 4.69) is 13.8 Å². The summed E-state index contributed by atoms with van der Waals surface area (Å²) in [5.74, 6) is -0.119. The van der Waals surface area contributed by atoms with Gasteiger partial charge in [-0.05, 0) is 48.8 Å². The number of hydrogen-bond acceptors (Lipinski definition) is 2. The SMILES string of the molecule is CC(C)c1ccc(C(C)C)c(CC(C)(C)C(=O)O)c1O. The first-order valence-corrected chi connectivity index (χ1v) is 7.16. The molecule has 0 radical (unpaired) electrons. The fourth-order valence-corrected chi connectivity index (χ4v) is 2.38. The molecule has 0 heterocycles. The van der Waals surface area contributed by atoms with Crippen LogP contribution in [0.1, 0.15) is 70.1 Å². The van der Waals surface area contributed by atoms with E-state index in [1.165, 1.54) is 0 Å². The third kappa shape index (κ3) is 3.33. The van der Waals surface area contributed by atoms with E-state index < -0.39 is 11.4 Å². The van der Waals surface area contributed by atoms with Crippen molar-refractivity contribution in [2.45, 2.75) is 59.8 Å². The van der Waals surface area contributed by atoms with Crippen LogP contribution < -0.4 is 0 Å². The molecule has 112 valence electrons. The molecule has 0 aromatic heterocycles. The fraction of sp³-hybridized carbons (Fsp3) is 0.588. The first-order chi connectivity index (χ1) is 9.08. The van der Waals surface area contributed by atoms with E-state index >= 15 is 0 Å². The molecule has 0 saturated carbocycles. The van der Waals surface area contributed by atoms with Crippen LogP contribution in [0.2, 0.25) is 0 Å². The first kappa shape index (κ1) is 16.5. The van der Waals surface area contributed by atoms with Crippen LogP contribution in [-0.2, 0) is 11.2 Å². The van der Waals surface area contributed by atoms with E-state index in [1.807, 2.05) is 26.0 Å². The summed E-state index contributed by atoms with van der Waals surface area (Å²) in [6, 6.07) is 3.97. The van der Waals surface area contributed by atoms with Crippen molar-refractivity contribution in [2.24, 2.45) is 5.41 Å². The van der Waals surface area contributed by atoms with Crippen molar-refractivity contribution in [3.05, 3.63) is 28.8 Å². The number of phenolic OH excluding ortho intramolecular Hbond substituents is 1. The van der Waals surface area contributed by atoms with Crippen LogP contribution in [-0.4, -0.2) is 16.2 Å². The van der Waals surface area contributed by atoms with Gasteiger partial charge >= 0.3 is 5.97 Å². The summed E-state index contributed by atoms with van der Waals surface area (Å²) in [6.45, 7) is 11.6. The van der Waals surface area contributed by atoms with Crippen LogP contribution in [0.3, 0.4) is 0 Å². The summed E-state index contributed by atoms with van der Waals surface area (Å²) in [7, 11) is 0. The molecule has 3 heteroatoms. The predicted molar refractivity (Wildman–Crippen MR) is 81.4 cm³/mol. The van der Waals surface area contributed by atoms with Gasteiger partial charge in [-0.15, -0.1) is 0 Å². The van der Waals surface area contributed by atoms with Crippen molar-refractivity contribution in [3.63, 3.8) is 0 Å². The van der Waals surface area contributed by atoms with E-state index in [4.69, 9.17) is 0 Å². The minimum Gasteiger partial charge on any atom is -0.507 e. The Morgan fingerprint density at radius 3 is 1.95 bits per heavy atom. The fourth-order valence-electron chi connectivity index (χ4n) is 2.38. The van der Waals surface area contributed by atoms with Gasteiger partial charge < -0.3 is 10.2 Å². The Labute approximate surface area is 121 Å². The average molecular weight is 278 g/mol. The first-order valence-electron chi connectivity index (χ1n) is 7.16. The van der Waals surface area contributed by atoms with Crippen molar-refractivity contribution < 1.29 is 15.0 Å². The zero-order valence-electron chi connectivity index (χ0n) is 13.3. The van der Waals surface area contributed by atoms with E-state index in [1.54, 1.807) is 13.8 Å². The van der Waals surface area contributed by atoms with Crippen LogP contribution in [0.15, 0.2) is 12.1 Å². The van der Waals surface area contributed by atoms with Crippen molar-refractivity contribution in [1.29, 1.82) is 0 Å². The van der Waals surface area contributed by atoms with Crippen LogP contribution in [0, 0.1) is 5.41 Å². The van der Waals surface area contributed by atoms with Crippen LogP contribution in [0.25, 0.3) is 0 Å². The van der Waals surface area contributed by atoms with Gasteiger partial charge in [-0.2, -0.15) is 0 Å². The third-order valence-electron chi connectivity index (χ3n) is 3.79. The summed E-state index contributed by atoms with van der Waals surface area (Å²) in [4.78, 5) is 11.4. The number of carbonyl (C=O) groups is 1. The van der Waals surface area contributed by atoms with E-state index in [-0.39, 0.29) is 17.6 Å². The molecule has 0 amide bonds. The maximum Gasteiger partial charge on any atom is 0.309 e. The zero-order chi connectivity index (χ0) is 15.7. The normalized spacial score (nSPS) is 12.2. The summed E-state index contributed by atoms with van der Waals surface area (Å²) in [5.41, 5.74) is 1.79. The molecule has 0 aliphatic carbocycles. The molecule has 1 rings (SSSR count). The molecule has 2 N–H and O–H groups in total. The molecule has 0 aliphatic rings. The topological polar surface area (TPSA) is 57.5 Å². The number of rotatable bonds is 5. The Hall–Kier alpha value is -1.51. The maximum atomic E-state index is 11.4. The van der Waals surface area contributed by atoms with E-state index in [0.29, 0.717) is 6.42 Å². The molecule has 0 unspecified atom stereocenters. The summed E-state index contributed by atoms with van der Waals surface area (Å²) in [6.07, 6.45) is 0.336. The lowest BCUT2D eigenvalue weighted by Gasteiger charge is -2.25. The summed E-state index contributed by atoms with van der Waals surface area (Å²) >= 11 is 0. The minimum absolute atomic E-state index is 0.211. The monoisotopic (exact) mass is 278 g/mol. The van der Waals surface area contributed by atoms with Gasteiger partial charge in [-0.25, -0.2) is 0 Å². The Bertz CT molecular complexity index is 499. The Kier molecular flexibility index (Phi) is 4.85. The lowest BCUT2D eigenvalue weighted by molar-refractivity contribution is -0.146. The van der Waals surface area contributed by atoms with Gasteiger partial charge in [-0.3, -0.25) is 4.79 Å². The van der Waals surface area contributed by atoms with Gasteiger partial charge in [-0.1, -0.05) is 39.8 Å². The second-order valence-electron chi connectivity index (χ2n) is 6.75. The van der Waals surface area contributed by atoms with Crippen molar-refractivity contribution in [1.82, 2.24) is 0 Å². The molecule has 0 spiro atoms. The molecular formula is C17H26O3. The molecule has 0 bridgehead atoms. The average Bonchev–Trinajstić information content (AvgIpc) is 2.30. The summed E-state index contributed by atoms with van der Waals surface area (Å²) in [5, 5.41) is 19.9. The third-order valence-corrected chi connectivity index (χ3v) is 3.79. The van der Waals surface area contributed by atoms with Gasteiger partial charge in [0.15, 0.2) is 0 Å². The van der Waals surface area contributed by atoms with Crippen LogP contribution in [0.5, 0.6) is 5.75 Å². The highest BCUT2D eigenvalue weighted by molar-refractivity contribution is 5.74. The Morgan fingerprint density at radius 2 is 1.55 bits per heavy atom. The Balaban J connectivity index is 3.40. The van der Waals surface area contributed by atoms with Gasteiger partial charge in [0.25, 0.3) is 0 Å². The number of hydrogen-bond donors (Lipinski definition) is 2.